The Kier molecular flexibility index (Phi) is 7.83. The van der Waals surface area contributed by atoms with Gasteiger partial charge < -0.3 is 4.98 Å². The van der Waals surface area contributed by atoms with Crippen molar-refractivity contribution < 1.29 is 4.39 Å². The van der Waals surface area contributed by atoms with Gasteiger partial charge in [0.05, 0.1) is 14.3 Å². The number of hydrogen-bond acceptors (Lipinski definition) is 2. The molecule has 1 heterocycles. The van der Waals surface area contributed by atoms with Gasteiger partial charge in [-0.1, -0.05) is 37.2 Å². The van der Waals surface area contributed by atoms with E-state index in [-0.39, 0.29) is 11.4 Å². The number of rotatable bonds is 4. The van der Waals surface area contributed by atoms with Crippen LogP contribution in [0.5, 0.6) is 0 Å². The maximum absolute atomic E-state index is 14.1. The Morgan fingerprint density at radius 1 is 1.48 bits per heavy atom. The molecule has 2 atom stereocenters. The van der Waals surface area contributed by atoms with Gasteiger partial charge >= 0.3 is 0 Å². The molecule has 0 spiro atoms. The van der Waals surface area contributed by atoms with E-state index in [1.165, 1.54) is 31.0 Å². The van der Waals surface area contributed by atoms with Crippen molar-refractivity contribution in [3.8, 4) is 0 Å². The van der Waals surface area contributed by atoms with E-state index in [0.717, 1.165) is 24.3 Å². The molecule has 6 heteroatoms. The molecule has 1 N–H and O–H groups in total. The van der Waals surface area contributed by atoms with Gasteiger partial charge in [-0.15, -0.1) is 0 Å². The first-order valence-corrected chi connectivity index (χ1v) is 10.3. The van der Waals surface area contributed by atoms with Gasteiger partial charge in [0, 0.05) is 12.6 Å². The molecule has 136 valence electrons. The second-order valence-electron chi connectivity index (χ2n) is 6.76. The topological polar surface area (TPSA) is 28.1 Å². The summed E-state index contributed by atoms with van der Waals surface area (Å²) in [4.78, 5) is 7.83. The van der Waals surface area contributed by atoms with Crippen LogP contribution >= 0.6 is 46.4 Å². The first-order valence-electron chi connectivity index (χ1n) is 8.47. The van der Waals surface area contributed by atoms with Crippen molar-refractivity contribution in [2.45, 2.75) is 51.5 Å². The van der Waals surface area contributed by atoms with E-state index >= 15 is 0 Å². The Labute approximate surface area is 172 Å². The summed E-state index contributed by atoms with van der Waals surface area (Å²) in [6, 6.07) is 6.11. The zero-order valence-corrected chi connectivity index (χ0v) is 18.2. The minimum absolute atomic E-state index is 0.0176. The molecule has 1 unspecified atom stereocenters. The predicted molar refractivity (Wildman–Crippen MR) is 115 cm³/mol. The number of halogens is 3. The van der Waals surface area contributed by atoms with Crippen LogP contribution in [0.1, 0.15) is 45.1 Å². The van der Waals surface area contributed by atoms with Crippen LogP contribution in [0.4, 0.5) is 4.39 Å². The minimum atomic E-state index is -0.357. The van der Waals surface area contributed by atoms with Crippen molar-refractivity contribution in [2.75, 3.05) is 0 Å². The summed E-state index contributed by atoms with van der Waals surface area (Å²) < 4.78 is 15.2. The lowest BCUT2D eigenvalue weighted by atomic mass is 9.98. The molecule has 2 nitrogen and oxygen atoms in total. The molecule has 1 aromatic rings. The lowest BCUT2D eigenvalue weighted by molar-refractivity contribution is 0.447. The lowest BCUT2D eigenvalue weighted by Gasteiger charge is -2.18. The van der Waals surface area contributed by atoms with Crippen LogP contribution in [0.2, 0.25) is 5.02 Å². The number of H-pyrrole nitrogens is 1. The highest BCUT2D eigenvalue weighted by molar-refractivity contribution is 14.1. The third-order valence-corrected chi connectivity index (χ3v) is 6.30. The number of nitrogens with one attached hydrogen (secondary N) is 1. The molecule has 1 saturated carbocycles. The average molecular weight is 493 g/mol. The highest BCUT2D eigenvalue weighted by Gasteiger charge is 2.33. The van der Waals surface area contributed by atoms with Gasteiger partial charge in [-0.25, -0.2) is 4.39 Å². The monoisotopic (exact) mass is 492 g/mol. The molecular weight excluding hydrogens is 470 g/mol. The maximum Gasteiger partial charge on any atom is 0.123 e. The van der Waals surface area contributed by atoms with Crippen molar-refractivity contribution in [3.05, 3.63) is 49.0 Å². The van der Waals surface area contributed by atoms with Crippen LogP contribution < -0.4 is 0 Å². The number of aliphatic imine (C=N–C) groups is 1. The highest BCUT2D eigenvalue weighted by atomic mass is 127. The van der Waals surface area contributed by atoms with E-state index in [2.05, 4.69) is 18.8 Å². The summed E-state index contributed by atoms with van der Waals surface area (Å²) in [5.41, 5.74) is 0.795. The molecule has 0 amide bonds. The Bertz CT molecular complexity index is 764. The number of aromatic amines is 1. The van der Waals surface area contributed by atoms with Crippen molar-refractivity contribution in [1.29, 1.82) is 0 Å². The summed E-state index contributed by atoms with van der Waals surface area (Å²) in [7, 11) is 0. The van der Waals surface area contributed by atoms with Crippen molar-refractivity contribution in [3.63, 3.8) is 0 Å². The maximum atomic E-state index is 14.1. The molecule has 1 aliphatic carbocycles. The van der Waals surface area contributed by atoms with Gasteiger partial charge in [0.25, 0.3) is 0 Å². The molecule has 0 aliphatic heterocycles. The fourth-order valence-corrected chi connectivity index (χ4v) is 4.18. The van der Waals surface area contributed by atoms with Crippen LogP contribution in [0.25, 0.3) is 0 Å². The Balaban J connectivity index is 2.26. The molecule has 1 aliphatic rings. The highest BCUT2D eigenvalue weighted by Crippen LogP contribution is 2.38. The van der Waals surface area contributed by atoms with Crippen LogP contribution in [0.15, 0.2) is 29.3 Å². The normalized spacial score (nSPS) is 23.0. The zero-order chi connectivity index (χ0) is 18.4. The molecule has 2 rings (SSSR count). The number of aromatic nitrogens is 1. The first kappa shape index (κ1) is 20.8. The molecule has 0 radical (unpaired) electrons. The fourth-order valence-electron chi connectivity index (χ4n) is 3.16. The summed E-state index contributed by atoms with van der Waals surface area (Å²) >= 11 is 13.4. The van der Waals surface area contributed by atoms with Gasteiger partial charge in [-0.3, -0.25) is 4.99 Å². The standard InChI is InChI=1S/C19H23ClFIN2S/c1-3-13-6-8-19(2,12-13)23-9-7-14-10-15(21)4-5-16(20)18(22)24-17(25)11-14/h4-5,9-11,13H,3,6-8,12H2,1-2H3,(H,24,25)/t13?,19-/m1/s1. The van der Waals surface area contributed by atoms with Gasteiger partial charge in [-0.05, 0) is 84.5 Å². The second-order valence-corrected chi connectivity index (χ2v) is 8.69. The Hall–Kier alpha value is -0.530. The third kappa shape index (κ3) is 6.61. The van der Waals surface area contributed by atoms with E-state index in [1.54, 1.807) is 6.07 Å². The minimum Gasteiger partial charge on any atom is -0.340 e. The smallest absolute Gasteiger partial charge is 0.123 e. The molecule has 0 bridgehead atoms. The van der Waals surface area contributed by atoms with Gasteiger partial charge in [0.1, 0.15) is 10.5 Å². The van der Waals surface area contributed by atoms with Crippen molar-refractivity contribution in [1.82, 2.24) is 4.98 Å². The number of nitrogens with zero attached hydrogens (tertiary/aromatic N) is 1. The SMILES string of the molecule is CCC1CC[C@@](C)(N=CCc2cc(F)ccc(Cl)c(I)[nH]c(=S)c2)C1. The van der Waals surface area contributed by atoms with Crippen LogP contribution in [-0.2, 0) is 6.42 Å². The Morgan fingerprint density at radius 2 is 2.24 bits per heavy atom. The third-order valence-electron chi connectivity index (χ3n) is 4.60. The summed E-state index contributed by atoms with van der Waals surface area (Å²) in [5.74, 6) is 0.415. The van der Waals surface area contributed by atoms with Gasteiger partial charge in [-0.2, -0.15) is 0 Å². The van der Waals surface area contributed by atoms with Crippen molar-refractivity contribution >= 4 is 52.6 Å². The Morgan fingerprint density at radius 3 is 2.92 bits per heavy atom. The molecule has 0 saturated heterocycles. The first-order chi connectivity index (χ1) is 11.8. The molecule has 1 aromatic heterocycles. The summed E-state index contributed by atoms with van der Waals surface area (Å²) in [5, 5.41) is 0.421. The van der Waals surface area contributed by atoms with Crippen LogP contribution in [-0.4, -0.2) is 16.7 Å². The molecular formula is C19H23ClFIN2S. The lowest BCUT2D eigenvalue weighted by Crippen LogP contribution is -2.17. The van der Waals surface area contributed by atoms with Gasteiger partial charge in [0.2, 0.25) is 0 Å². The molecule has 25 heavy (non-hydrogen) atoms. The van der Waals surface area contributed by atoms with E-state index < -0.39 is 0 Å². The van der Waals surface area contributed by atoms with E-state index in [1.807, 2.05) is 28.8 Å². The van der Waals surface area contributed by atoms with E-state index in [4.69, 9.17) is 28.8 Å². The molecule has 1 fully saturated rings. The van der Waals surface area contributed by atoms with E-state index in [9.17, 15) is 4.39 Å². The summed E-state index contributed by atoms with van der Waals surface area (Å²) in [6.45, 7) is 4.45. The summed E-state index contributed by atoms with van der Waals surface area (Å²) in [6.07, 6.45) is 7.16. The molecule has 0 aromatic carbocycles. The second kappa shape index (κ2) is 9.42. The predicted octanol–water partition coefficient (Wildman–Crippen LogP) is 6.85. The van der Waals surface area contributed by atoms with Crippen LogP contribution in [0.3, 0.4) is 0 Å². The number of hydrogen-bond donors (Lipinski definition) is 1. The zero-order valence-electron chi connectivity index (χ0n) is 14.5. The van der Waals surface area contributed by atoms with E-state index in [0.29, 0.717) is 19.8 Å². The quantitative estimate of drug-likeness (QED) is 0.278. The van der Waals surface area contributed by atoms with Crippen molar-refractivity contribution in [2.24, 2.45) is 10.9 Å². The average Bonchev–Trinajstić information content (AvgIpc) is 2.93. The largest absolute Gasteiger partial charge is 0.340 e. The fraction of sp³-hybridized carbons (Fsp3) is 0.474. The van der Waals surface area contributed by atoms with Crippen LogP contribution in [0, 0.1) is 20.1 Å². The van der Waals surface area contributed by atoms with Gasteiger partial charge in [0.15, 0.2) is 0 Å².